The van der Waals surface area contributed by atoms with E-state index in [0.717, 1.165) is 22.3 Å². The minimum absolute atomic E-state index is 0.0455. The van der Waals surface area contributed by atoms with Gasteiger partial charge in [0.05, 0.1) is 0 Å². The quantitative estimate of drug-likeness (QED) is 0.485. The maximum Gasteiger partial charge on any atom is 0.408 e. The predicted molar refractivity (Wildman–Crippen MR) is 121 cm³/mol. The van der Waals surface area contributed by atoms with Gasteiger partial charge >= 0.3 is 12.1 Å². The van der Waals surface area contributed by atoms with E-state index < -0.39 is 17.6 Å². The van der Waals surface area contributed by atoms with E-state index in [1.807, 2.05) is 24.3 Å². The number of hydrogen-bond acceptors (Lipinski definition) is 4. The number of benzene rings is 2. The molecule has 1 aliphatic carbocycles. The molecule has 7 nitrogen and oxygen atoms in total. The van der Waals surface area contributed by atoms with Gasteiger partial charge in [-0.3, -0.25) is 9.59 Å². The lowest BCUT2D eigenvalue weighted by Gasteiger charge is -2.25. The van der Waals surface area contributed by atoms with E-state index in [4.69, 9.17) is 9.84 Å². The molecule has 32 heavy (non-hydrogen) atoms. The van der Waals surface area contributed by atoms with Gasteiger partial charge in [-0.15, -0.1) is 0 Å². The third kappa shape index (κ3) is 5.66. The number of carboxylic acids is 1. The molecule has 0 fully saturated rings. The molecule has 0 atom stereocenters. The second kappa shape index (κ2) is 10.3. The van der Waals surface area contributed by atoms with Crippen molar-refractivity contribution >= 4 is 18.0 Å². The lowest BCUT2D eigenvalue weighted by Crippen LogP contribution is -2.55. The zero-order valence-electron chi connectivity index (χ0n) is 18.5. The lowest BCUT2D eigenvalue weighted by atomic mass is 9.98. The van der Waals surface area contributed by atoms with Crippen LogP contribution in [-0.4, -0.2) is 41.8 Å². The highest BCUT2D eigenvalue weighted by Crippen LogP contribution is 2.44. The first-order valence-corrected chi connectivity index (χ1v) is 10.9. The highest BCUT2D eigenvalue weighted by Gasteiger charge is 2.32. The molecule has 2 aromatic rings. The number of alkyl carbamates (subject to hydrolysis) is 1. The van der Waals surface area contributed by atoms with Gasteiger partial charge in [-0.1, -0.05) is 55.0 Å². The van der Waals surface area contributed by atoms with E-state index in [2.05, 4.69) is 34.9 Å². The molecule has 170 valence electrons. The van der Waals surface area contributed by atoms with Crippen molar-refractivity contribution in [1.82, 2.24) is 10.6 Å². The first kappa shape index (κ1) is 23.3. The maximum absolute atomic E-state index is 12.5. The SMILES string of the molecule is CC(C)(NC(=O)OCC1c2ccccc2-c2ccccc21)C(=O)NCCCCCC(=O)O. The molecule has 0 aromatic heterocycles. The molecule has 0 unspecified atom stereocenters. The second-order valence-electron chi connectivity index (χ2n) is 8.54. The Morgan fingerprint density at radius 2 is 1.53 bits per heavy atom. The smallest absolute Gasteiger partial charge is 0.408 e. The van der Waals surface area contributed by atoms with Gasteiger partial charge in [-0.2, -0.15) is 0 Å². The standard InChI is InChI=1S/C25H30N2O5/c1-25(2,23(30)26-15-9-3-4-14-22(28)29)27-24(31)32-16-21-19-12-7-5-10-17(19)18-11-6-8-13-20(18)21/h5-8,10-13,21H,3-4,9,14-16H2,1-2H3,(H,26,30)(H,27,31)(H,28,29). The molecule has 1 aliphatic rings. The largest absolute Gasteiger partial charge is 0.481 e. The van der Waals surface area contributed by atoms with Gasteiger partial charge in [-0.05, 0) is 48.9 Å². The van der Waals surface area contributed by atoms with Crippen molar-refractivity contribution in [2.75, 3.05) is 13.2 Å². The second-order valence-corrected chi connectivity index (χ2v) is 8.54. The molecule has 0 spiro atoms. The van der Waals surface area contributed by atoms with Gasteiger partial charge in [0, 0.05) is 18.9 Å². The van der Waals surface area contributed by atoms with Crippen molar-refractivity contribution in [3.63, 3.8) is 0 Å². The summed E-state index contributed by atoms with van der Waals surface area (Å²) < 4.78 is 5.52. The molecule has 0 saturated carbocycles. The summed E-state index contributed by atoms with van der Waals surface area (Å²) in [6.07, 6.45) is 1.45. The number of carbonyl (C=O) groups excluding carboxylic acids is 2. The molecule has 0 aliphatic heterocycles. The normalized spacial score (nSPS) is 12.6. The van der Waals surface area contributed by atoms with Crippen LogP contribution in [0.25, 0.3) is 11.1 Å². The molecular formula is C25H30N2O5. The number of ether oxygens (including phenoxy) is 1. The number of fused-ring (bicyclic) bond motifs is 3. The van der Waals surface area contributed by atoms with Crippen molar-refractivity contribution in [1.29, 1.82) is 0 Å². The minimum Gasteiger partial charge on any atom is -0.481 e. The number of rotatable bonds is 10. The molecule has 0 saturated heterocycles. The van der Waals surface area contributed by atoms with E-state index in [1.165, 1.54) is 0 Å². The fraction of sp³-hybridized carbons (Fsp3) is 0.400. The molecule has 0 heterocycles. The van der Waals surface area contributed by atoms with Gasteiger partial charge in [0.25, 0.3) is 0 Å². The fourth-order valence-corrected chi connectivity index (χ4v) is 3.95. The van der Waals surface area contributed by atoms with Crippen LogP contribution in [0.3, 0.4) is 0 Å². The first-order chi connectivity index (χ1) is 15.3. The van der Waals surface area contributed by atoms with Crippen LogP contribution in [0.15, 0.2) is 48.5 Å². The number of carboxylic acid groups (broad SMARTS) is 1. The Morgan fingerprint density at radius 3 is 2.12 bits per heavy atom. The predicted octanol–water partition coefficient (Wildman–Crippen LogP) is 4.06. The summed E-state index contributed by atoms with van der Waals surface area (Å²) in [5, 5.41) is 14.1. The Hall–Kier alpha value is -3.35. The summed E-state index contributed by atoms with van der Waals surface area (Å²) in [5.74, 6) is -1.18. The van der Waals surface area contributed by atoms with E-state index in [1.54, 1.807) is 13.8 Å². The van der Waals surface area contributed by atoms with Crippen LogP contribution in [0.1, 0.15) is 56.6 Å². The van der Waals surface area contributed by atoms with Crippen molar-refractivity contribution in [3.05, 3.63) is 59.7 Å². The number of amides is 2. The monoisotopic (exact) mass is 438 g/mol. The molecular weight excluding hydrogens is 408 g/mol. The van der Waals surface area contributed by atoms with Crippen LogP contribution in [0.2, 0.25) is 0 Å². The maximum atomic E-state index is 12.5. The summed E-state index contributed by atoms with van der Waals surface area (Å²) in [5.41, 5.74) is 3.42. The van der Waals surface area contributed by atoms with Crippen LogP contribution in [0, 0.1) is 0 Å². The van der Waals surface area contributed by atoms with Gasteiger partial charge in [-0.25, -0.2) is 4.79 Å². The van der Waals surface area contributed by atoms with Crippen molar-refractivity contribution in [3.8, 4) is 11.1 Å². The molecule has 7 heteroatoms. The summed E-state index contributed by atoms with van der Waals surface area (Å²) in [6.45, 7) is 3.85. The average molecular weight is 439 g/mol. The third-order valence-corrected chi connectivity index (χ3v) is 5.68. The highest BCUT2D eigenvalue weighted by atomic mass is 16.5. The van der Waals surface area contributed by atoms with Crippen LogP contribution in [0.4, 0.5) is 4.79 Å². The van der Waals surface area contributed by atoms with Crippen LogP contribution < -0.4 is 10.6 Å². The van der Waals surface area contributed by atoms with E-state index in [9.17, 15) is 14.4 Å². The zero-order chi connectivity index (χ0) is 23.1. The fourth-order valence-electron chi connectivity index (χ4n) is 3.95. The zero-order valence-corrected chi connectivity index (χ0v) is 18.5. The van der Waals surface area contributed by atoms with Gasteiger partial charge < -0.3 is 20.5 Å². The Balaban J connectivity index is 1.49. The van der Waals surface area contributed by atoms with E-state index in [0.29, 0.717) is 25.8 Å². The summed E-state index contributed by atoms with van der Waals surface area (Å²) in [7, 11) is 0. The number of nitrogens with one attached hydrogen (secondary N) is 2. The molecule has 3 N–H and O–H groups in total. The minimum atomic E-state index is -1.14. The highest BCUT2D eigenvalue weighted by molar-refractivity contribution is 5.89. The van der Waals surface area contributed by atoms with Crippen molar-refractivity contribution < 1.29 is 24.2 Å². The Kier molecular flexibility index (Phi) is 7.51. The van der Waals surface area contributed by atoms with E-state index >= 15 is 0 Å². The molecule has 0 bridgehead atoms. The topological polar surface area (TPSA) is 105 Å². The number of hydrogen-bond donors (Lipinski definition) is 3. The van der Waals surface area contributed by atoms with Gasteiger partial charge in [0.1, 0.15) is 12.1 Å². The number of carbonyl (C=O) groups is 3. The van der Waals surface area contributed by atoms with Gasteiger partial charge in [0.15, 0.2) is 0 Å². The summed E-state index contributed by atoms with van der Waals surface area (Å²) in [4.78, 5) is 35.4. The Labute approximate surface area is 188 Å². The molecule has 0 radical (unpaired) electrons. The van der Waals surface area contributed by atoms with Gasteiger partial charge in [0.2, 0.25) is 5.91 Å². The van der Waals surface area contributed by atoms with Crippen molar-refractivity contribution in [2.24, 2.45) is 0 Å². The van der Waals surface area contributed by atoms with Crippen molar-refractivity contribution in [2.45, 2.75) is 51.0 Å². The third-order valence-electron chi connectivity index (χ3n) is 5.68. The number of unbranched alkanes of at least 4 members (excludes halogenated alkanes) is 2. The summed E-state index contributed by atoms with van der Waals surface area (Å²) >= 11 is 0. The van der Waals surface area contributed by atoms with E-state index in [-0.39, 0.29) is 24.9 Å². The average Bonchev–Trinajstić information content (AvgIpc) is 3.08. The Morgan fingerprint density at radius 1 is 0.938 bits per heavy atom. The Bertz CT molecular complexity index is 940. The van der Waals surface area contributed by atoms with Crippen LogP contribution >= 0.6 is 0 Å². The molecule has 3 rings (SSSR count). The molecule has 2 aromatic carbocycles. The first-order valence-electron chi connectivity index (χ1n) is 10.9. The van der Waals surface area contributed by atoms with Crippen LogP contribution in [0.5, 0.6) is 0 Å². The summed E-state index contributed by atoms with van der Waals surface area (Å²) in [6, 6.07) is 16.2. The molecule has 2 amide bonds. The lowest BCUT2D eigenvalue weighted by molar-refractivity contribution is -0.137. The number of aliphatic carboxylic acids is 1. The van der Waals surface area contributed by atoms with Crippen LogP contribution in [-0.2, 0) is 14.3 Å².